The molecule has 0 aliphatic carbocycles. The van der Waals surface area contributed by atoms with Crippen molar-refractivity contribution in [3.8, 4) is 0 Å². The Morgan fingerprint density at radius 1 is 1.50 bits per heavy atom. The molecule has 0 saturated heterocycles. The minimum Gasteiger partial charge on any atom is -0.392 e. The van der Waals surface area contributed by atoms with E-state index in [1.807, 2.05) is 6.92 Å². The molecule has 0 fully saturated rings. The molecule has 0 aliphatic rings. The number of hydrogen-bond acceptors (Lipinski definition) is 4. The van der Waals surface area contributed by atoms with Crippen molar-refractivity contribution in [3.05, 3.63) is 0 Å². The quantitative estimate of drug-likeness (QED) is 0.581. The zero-order chi connectivity index (χ0) is 12.8. The van der Waals surface area contributed by atoms with Crippen LogP contribution in [0.3, 0.4) is 0 Å². The predicted molar refractivity (Wildman–Crippen MR) is 66.5 cm³/mol. The number of nitrogens with one attached hydrogen (secondary N) is 1. The highest BCUT2D eigenvalue weighted by Crippen LogP contribution is 2.02. The van der Waals surface area contributed by atoms with Crippen LogP contribution >= 0.6 is 12.2 Å². The van der Waals surface area contributed by atoms with Gasteiger partial charge in [-0.05, 0) is 6.42 Å². The summed E-state index contributed by atoms with van der Waals surface area (Å²) in [4.78, 5) is 11.0. The zero-order valence-electron chi connectivity index (χ0n) is 9.39. The first kappa shape index (κ1) is 15.3. The Balaban J connectivity index is 4.75. The van der Waals surface area contributed by atoms with Crippen molar-refractivity contribution in [3.63, 3.8) is 0 Å². The van der Waals surface area contributed by atoms with Crippen LogP contribution < -0.4 is 11.1 Å². The van der Waals surface area contributed by atoms with E-state index in [0.717, 1.165) is 4.31 Å². The van der Waals surface area contributed by atoms with Crippen LogP contribution in [0, 0.1) is 0 Å². The lowest BCUT2D eigenvalue weighted by molar-refractivity contribution is -0.120. The van der Waals surface area contributed by atoms with Crippen molar-refractivity contribution in [1.29, 1.82) is 0 Å². The molecule has 0 aromatic carbocycles. The molecule has 94 valence electrons. The van der Waals surface area contributed by atoms with Crippen LogP contribution in [-0.4, -0.2) is 49.5 Å². The largest absolute Gasteiger partial charge is 0.392 e. The van der Waals surface area contributed by atoms with Gasteiger partial charge < -0.3 is 11.1 Å². The molecule has 8 heteroatoms. The Bertz CT molecular complexity index is 354. The number of hydrogen-bond donors (Lipinski definition) is 2. The third-order valence-corrected chi connectivity index (χ3v) is 3.89. The Morgan fingerprint density at radius 3 is 2.44 bits per heavy atom. The molecule has 0 unspecified atom stereocenters. The minimum atomic E-state index is -3.58. The lowest BCUT2D eigenvalue weighted by Gasteiger charge is -2.20. The number of nitrogens with two attached hydrogens (primary N) is 1. The topological polar surface area (TPSA) is 92.5 Å². The molecule has 0 heterocycles. The van der Waals surface area contributed by atoms with E-state index in [1.54, 1.807) is 0 Å². The van der Waals surface area contributed by atoms with Crippen LogP contribution in [0.4, 0.5) is 0 Å². The van der Waals surface area contributed by atoms with Crippen LogP contribution in [0.1, 0.15) is 13.3 Å². The second-order valence-electron chi connectivity index (χ2n) is 3.23. The summed E-state index contributed by atoms with van der Waals surface area (Å²) >= 11 is 4.56. The summed E-state index contributed by atoms with van der Waals surface area (Å²) in [7, 11) is -2.13. The molecule has 6 nitrogen and oxygen atoms in total. The standard InChI is InChI=1S/C8H17N3O3S2/c1-3-4-11(5-8(12)10-2)16(13,14)6-7(9)15/h3-6H2,1-2H3,(H2,9,15)(H,10,12). The second kappa shape index (κ2) is 6.77. The van der Waals surface area contributed by atoms with E-state index in [-0.39, 0.29) is 24.0 Å². The summed E-state index contributed by atoms with van der Waals surface area (Å²) in [5, 5.41) is 2.37. The van der Waals surface area contributed by atoms with Crippen LogP contribution in [0.15, 0.2) is 0 Å². The van der Waals surface area contributed by atoms with Gasteiger partial charge in [-0.15, -0.1) is 0 Å². The molecule has 3 N–H and O–H groups in total. The van der Waals surface area contributed by atoms with Gasteiger partial charge in [-0.25, -0.2) is 8.42 Å². The Hall–Kier alpha value is -0.730. The van der Waals surface area contributed by atoms with Crippen molar-refractivity contribution >= 4 is 33.1 Å². The molecule has 16 heavy (non-hydrogen) atoms. The summed E-state index contributed by atoms with van der Waals surface area (Å²) in [6.07, 6.45) is 0.619. The molecule has 0 aromatic rings. The number of amides is 1. The fourth-order valence-electron chi connectivity index (χ4n) is 1.08. The van der Waals surface area contributed by atoms with Gasteiger partial charge in [0.05, 0.1) is 11.5 Å². The van der Waals surface area contributed by atoms with E-state index in [4.69, 9.17) is 5.73 Å². The Kier molecular flexibility index (Phi) is 6.46. The summed E-state index contributed by atoms with van der Waals surface area (Å²) in [5.41, 5.74) is 5.20. The lowest BCUT2D eigenvalue weighted by Crippen LogP contribution is -2.43. The normalized spacial score (nSPS) is 11.4. The summed E-state index contributed by atoms with van der Waals surface area (Å²) in [6.45, 7) is 1.90. The van der Waals surface area contributed by atoms with E-state index in [1.165, 1.54) is 7.05 Å². The predicted octanol–water partition coefficient (Wildman–Crippen LogP) is -0.940. The van der Waals surface area contributed by atoms with Crippen LogP contribution in [0.2, 0.25) is 0 Å². The fourth-order valence-corrected chi connectivity index (χ4v) is 2.84. The SMILES string of the molecule is CCCN(CC(=O)NC)S(=O)(=O)CC(N)=S. The maximum atomic E-state index is 11.8. The first-order valence-corrected chi connectivity index (χ1v) is 6.82. The number of rotatable bonds is 7. The minimum absolute atomic E-state index is 0.0991. The average Bonchev–Trinajstić information content (AvgIpc) is 2.14. The molecule has 0 saturated carbocycles. The van der Waals surface area contributed by atoms with Crippen molar-refractivity contribution in [2.45, 2.75) is 13.3 Å². The van der Waals surface area contributed by atoms with Gasteiger partial charge in [0.2, 0.25) is 15.9 Å². The molecule has 0 rings (SSSR count). The van der Waals surface area contributed by atoms with Crippen molar-refractivity contribution in [1.82, 2.24) is 9.62 Å². The fraction of sp³-hybridized carbons (Fsp3) is 0.750. The molecular formula is C8H17N3O3S2. The van der Waals surface area contributed by atoms with Gasteiger partial charge in [0.15, 0.2) is 0 Å². The van der Waals surface area contributed by atoms with Gasteiger partial charge >= 0.3 is 0 Å². The molecule has 0 aliphatic heterocycles. The average molecular weight is 267 g/mol. The van der Waals surface area contributed by atoms with Gasteiger partial charge in [-0.2, -0.15) is 4.31 Å². The maximum absolute atomic E-state index is 11.8. The zero-order valence-corrected chi connectivity index (χ0v) is 11.0. The van der Waals surface area contributed by atoms with Crippen LogP contribution in [0.25, 0.3) is 0 Å². The highest BCUT2D eigenvalue weighted by molar-refractivity contribution is 7.92. The number of nitrogens with zero attached hydrogens (tertiary/aromatic N) is 1. The number of likely N-dealkylation sites (N-methyl/N-ethyl adjacent to an activating group) is 1. The third kappa shape index (κ3) is 5.38. The number of thiocarbonyl (C=S) groups is 1. The molecule has 0 atom stereocenters. The van der Waals surface area contributed by atoms with E-state index in [2.05, 4.69) is 17.5 Å². The van der Waals surface area contributed by atoms with Gasteiger partial charge in [-0.3, -0.25) is 4.79 Å². The Labute approximate surface area is 101 Å². The summed E-state index contributed by atoms with van der Waals surface area (Å²) in [6, 6.07) is 0. The molecule has 0 bridgehead atoms. The van der Waals surface area contributed by atoms with Crippen molar-refractivity contribution in [2.24, 2.45) is 5.73 Å². The molecule has 0 aromatic heterocycles. The van der Waals surface area contributed by atoms with Crippen LogP contribution in [-0.2, 0) is 14.8 Å². The number of sulfonamides is 1. The van der Waals surface area contributed by atoms with Gasteiger partial charge in [0.1, 0.15) is 5.75 Å². The Morgan fingerprint density at radius 2 is 2.06 bits per heavy atom. The van der Waals surface area contributed by atoms with Crippen LogP contribution in [0.5, 0.6) is 0 Å². The monoisotopic (exact) mass is 267 g/mol. The van der Waals surface area contributed by atoms with E-state index in [0.29, 0.717) is 6.42 Å². The number of carbonyl (C=O) groups is 1. The molecule has 1 amide bonds. The van der Waals surface area contributed by atoms with Gasteiger partial charge in [-0.1, -0.05) is 19.1 Å². The molecular weight excluding hydrogens is 250 g/mol. The number of carbonyl (C=O) groups excluding carboxylic acids is 1. The van der Waals surface area contributed by atoms with Gasteiger partial charge in [0.25, 0.3) is 0 Å². The first-order valence-electron chi connectivity index (χ1n) is 4.80. The van der Waals surface area contributed by atoms with Crippen molar-refractivity contribution in [2.75, 3.05) is 25.9 Å². The maximum Gasteiger partial charge on any atom is 0.235 e. The second-order valence-corrected chi connectivity index (χ2v) is 5.72. The molecule has 0 radical (unpaired) electrons. The summed E-state index contributed by atoms with van der Waals surface area (Å²) < 4.78 is 24.6. The van der Waals surface area contributed by atoms with Crippen molar-refractivity contribution < 1.29 is 13.2 Å². The lowest BCUT2D eigenvalue weighted by atomic mass is 10.4. The van der Waals surface area contributed by atoms with E-state index < -0.39 is 15.8 Å². The highest BCUT2D eigenvalue weighted by Gasteiger charge is 2.24. The summed E-state index contributed by atoms with van der Waals surface area (Å²) in [5.74, 6) is -0.765. The molecule has 0 spiro atoms. The first-order chi connectivity index (χ1) is 7.33. The van der Waals surface area contributed by atoms with Gasteiger partial charge in [0, 0.05) is 13.6 Å². The smallest absolute Gasteiger partial charge is 0.235 e. The highest BCUT2D eigenvalue weighted by atomic mass is 32.2. The third-order valence-electron chi connectivity index (χ3n) is 1.79. The van der Waals surface area contributed by atoms with E-state index >= 15 is 0 Å². The van der Waals surface area contributed by atoms with E-state index in [9.17, 15) is 13.2 Å².